The van der Waals surface area contributed by atoms with Crippen molar-refractivity contribution < 1.29 is 19.1 Å². The van der Waals surface area contributed by atoms with Crippen LogP contribution in [0.25, 0.3) is 0 Å². The molecule has 1 atom stereocenters. The zero-order valence-electron chi connectivity index (χ0n) is 27.1. The van der Waals surface area contributed by atoms with E-state index in [9.17, 15) is 9.59 Å². The molecular weight excluding hydrogens is 512 g/mol. The number of hydrogen-bond acceptors (Lipinski definition) is 6. The lowest BCUT2D eigenvalue weighted by molar-refractivity contribution is -0.156. The van der Waals surface area contributed by atoms with Gasteiger partial charge >= 0.3 is 11.9 Å². The number of hydrogen-bond donors (Lipinski definition) is 0. The van der Waals surface area contributed by atoms with Crippen LogP contribution in [0.3, 0.4) is 0 Å². The first-order valence-electron chi connectivity index (χ1n) is 17.6. The van der Waals surface area contributed by atoms with E-state index in [0.29, 0.717) is 19.3 Å². The van der Waals surface area contributed by atoms with Crippen LogP contribution >= 0.6 is 0 Å². The van der Waals surface area contributed by atoms with Gasteiger partial charge in [0.2, 0.25) is 0 Å². The van der Waals surface area contributed by atoms with Gasteiger partial charge in [-0.15, -0.1) is 0 Å². The van der Waals surface area contributed by atoms with Crippen molar-refractivity contribution in [2.75, 3.05) is 6.61 Å². The third kappa shape index (κ3) is 23.8. The third-order valence-electron chi connectivity index (χ3n) is 8.23. The molecule has 0 aliphatic carbocycles. The highest BCUT2D eigenvalue weighted by molar-refractivity contribution is 5.70. The number of unbranched alkanes of at least 4 members (excludes halogenated alkanes) is 20. The normalized spacial score (nSPS) is 14.2. The summed E-state index contributed by atoms with van der Waals surface area (Å²) in [6, 6.07) is 0. The zero-order chi connectivity index (χ0) is 29.9. The van der Waals surface area contributed by atoms with Crippen LogP contribution in [0.2, 0.25) is 0 Å². The van der Waals surface area contributed by atoms with Crippen molar-refractivity contribution >= 4 is 11.9 Å². The van der Waals surface area contributed by atoms with E-state index in [1.807, 2.05) is 0 Å². The van der Waals surface area contributed by atoms with Crippen molar-refractivity contribution in [3.63, 3.8) is 0 Å². The molecule has 0 amide bonds. The maximum atomic E-state index is 12.2. The second-order valence-electron chi connectivity index (χ2n) is 12.4. The van der Waals surface area contributed by atoms with Crippen molar-refractivity contribution in [1.29, 1.82) is 0 Å². The quantitative estimate of drug-likeness (QED) is 0.0606. The van der Waals surface area contributed by atoms with Crippen LogP contribution in [0.1, 0.15) is 187 Å². The Morgan fingerprint density at radius 3 is 1.41 bits per heavy atom. The van der Waals surface area contributed by atoms with Crippen LogP contribution in [0.5, 0.6) is 0 Å². The Balaban J connectivity index is 1.88. The van der Waals surface area contributed by atoms with Gasteiger partial charge in [-0.3, -0.25) is 9.59 Å². The van der Waals surface area contributed by atoms with E-state index < -0.39 is 6.10 Å². The molecule has 0 aromatic heterocycles. The van der Waals surface area contributed by atoms with Crippen LogP contribution < -0.4 is 0 Å². The predicted octanol–water partition coefficient (Wildman–Crippen LogP) is 11.0. The molecule has 0 bridgehead atoms. The van der Waals surface area contributed by atoms with Gasteiger partial charge in [0.15, 0.2) is 5.66 Å². The highest BCUT2D eigenvalue weighted by atomic mass is 16.6. The molecule has 1 aliphatic heterocycles. The van der Waals surface area contributed by atoms with Crippen LogP contribution in [0.15, 0.2) is 10.2 Å². The molecule has 0 saturated heterocycles. The molecule has 0 unspecified atom stereocenters. The molecule has 0 N–H and O–H groups in total. The van der Waals surface area contributed by atoms with Crippen LogP contribution in [-0.2, 0) is 19.1 Å². The molecular formula is C35H65N2O4. The van der Waals surface area contributed by atoms with Gasteiger partial charge in [-0.05, 0) is 39.0 Å². The minimum Gasteiger partial charge on any atom is -0.462 e. The van der Waals surface area contributed by atoms with E-state index in [4.69, 9.17) is 9.47 Å². The average Bonchev–Trinajstić information content (AvgIpc) is 3.73. The fourth-order valence-corrected chi connectivity index (χ4v) is 5.45. The van der Waals surface area contributed by atoms with E-state index in [0.717, 1.165) is 32.1 Å². The molecule has 1 heterocycles. The molecule has 0 aromatic rings. The summed E-state index contributed by atoms with van der Waals surface area (Å²) in [5.41, 5.74) is -0.240. The second kappa shape index (κ2) is 26.2. The lowest BCUT2D eigenvalue weighted by Crippen LogP contribution is -2.23. The molecule has 1 rings (SSSR count). The van der Waals surface area contributed by atoms with E-state index in [1.54, 1.807) is 0 Å². The number of nitrogens with zero attached hydrogens (tertiary/aromatic N) is 2. The molecule has 0 fully saturated rings. The van der Waals surface area contributed by atoms with E-state index in [2.05, 4.69) is 31.0 Å². The molecule has 6 nitrogen and oxygen atoms in total. The first kappa shape index (κ1) is 37.6. The summed E-state index contributed by atoms with van der Waals surface area (Å²) in [6.45, 7) is 8.35. The van der Waals surface area contributed by atoms with Crippen LogP contribution in [0, 0.1) is 6.92 Å². The van der Waals surface area contributed by atoms with Gasteiger partial charge < -0.3 is 9.47 Å². The van der Waals surface area contributed by atoms with Gasteiger partial charge in [0, 0.05) is 12.8 Å². The average molecular weight is 578 g/mol. The van der Waals surface area contributed by atoms with Crippen molar-refractivity contribution in [3.8, 4) is 0 Å². The Morgan fingerprint density at radius 1 is 0.561 bits per heavy atom. The highest BCUT2D eigenvalue weighted by Gasteiger charge is 2.38. The monoisotopic (exact) mass is 577 g/mol. The maximum Gasteiger partial charge on any atom is 0.306 e. The van der Waals surface area contributed by atoms with E-state index in [-0.39, 0.29) is 24.2 Å². The number of carbonyl (C=O) groups is 2. The fourth-order valence-electron chi connectivity index (χ4n) is 5.45. The fraction of sp³-hybridized carbons (Fsp3) is 0.914. The number of ether oxygens (including phenoxy) is 2. The summed E-state index contributed by atoms with van der Waals surface area (Å²) in [7, 11) is 0. The van der Waals surface area contributed by atoms with Crippen molar-refractivity contribution in [2.24, 2.45) is 10.2 Å². The Labute approximate surface area is 253 Å². The van der Waals surface area contributed by atoms with Crippen molar-refractivity contribution in [3.05, 3.63) is 6.92 Å². The van der Waals surface area contributed by atoms with Gasteiger partial charge in [-0.2, -0.15) is 10.2 Å². The lowest BCUT2D eigenvalue weighted by Gasteiger charge is -2.14. The molecule has 0 saturated carbocycles. The second-order valence-corrected chi connectivity index (χ2v) is 12.4. The van der Waals surface area contributed by atoms with E-state index >= 15 is 0 Å². The molecule has 41 heavy (non-hydrogen) atoms. The summed E-state index contributed by atoms with van der Waals surface area (Å²) < 4.78 is 10.6. The van der Waals surface area contributed by atoms with Crippen molar-refractivity contribution in [2.45, 2.75) is 199 Å². The molecule has 6 heteroatoms. The van der Waals surface area contributed by atoms with Gasteiger partial charge in [0.1, 0.15) is 12.7 Å². The largest absolute Gasteiger partial charge is 0.462 e. The highest BCUT2D eigenvalue weighted by Crippen LogP contribution is 2.38. The SMILES string of the molecule is [CH2][C@H](COC(=O)CCCCCCCCCCCCCCCCC)OC(=O)CCCC1(CCCCCCCCC)N=N1. The van der Waals surface area contributed by atoms with Gasteiger partial charge in [-0.1, -0.05) is 142 Å². The molecule has 239 valence electrons. The van der Waals surface area contributed by atoms with E-state index in [1.165, 1.54) is 122 Å². The number of carbonyl (C=O) groups excluding carboxylic acids is 2. The topological polar surface area (TPSA) is 77.3 Å². The van der Waals surface area contributed by atoms with Crippen LogP contribution in [-0.4, -0.2) is 30.3 Å². The number of rotatable bonds is 31. The lowest BCUT2D eigenvalue weighted by atomic mass is 9.98. The van der Waals surface area contributed by atoms with Gasteiger partial charge in [-0.25, -0.2) is 0 Å². The van der Waals surface area contributed by atoms with Gasteiger partial charge in [0.05, 0.1) is 0 Å². The Bertz CT molecular complexity index is 661. The molecule has 0 aromatic carbocycles. The Hall–Kier alpha value is -1.46. The minimum absolute atomic E-state index is 0.0240. The number of esters is 2. The summed E-state index contributed by atoms with van der Waals surface area (Å²) in [6.07, 6.45) is 31.0. The summed E-state index contributed by atoms with van der Waals surface area (Å²) in [4.78, 5) is 24.2. The van der Waals surface area contributed by atoms with Gasteiger partial charge in [0.25, 0.3) is 0 Å². The Kier molecular flexibility index (Phi) is 24.0. The minimum atomic E-state index is -0.663. The standard InChI is InChI=1S/C35H65N2O4/c1-4-6-8-10-12-13-14-15-16-17-18-19-20-22-24-27-33(38)40-31-32(3)41-34(39)28-26-30-35(36-37-35)29-25-23-21-11-9-7-5-2/h32H,3-31H2,1-2H3/t32-/m1/s1. The molecule has 1 aliphatic rings. The summed E-state index contributed by atoms with van der Waals surface area (Å²) >= 11 is 0. The molecule has 1 radical (unpaired) electrons. The molecule has 0 spiro atoms. The van der Waals surface area contributed by atoms with Crippen LogP contribution in [0.4, 0.5) is 0 Å². The summed E-state index contributed by atoms with van der Waals surface area (Å²) in [5.74, 6) is -0.524. The smallest absolute Gasteiger partial charge is 0.306 e. The maximum absolute atomic E-state index is 12.2. The first-order chi connectivity index (χ1) is 20.0. The first-order valence-corrected chi connectivity index (χ1v) is 17.6. The van der Waals surface area contributed by atoms with Crippen molar-refractivity contribution in [1.82, 2.24) is 0 Å². The predicted molar refractivity (Wildman–Crippen MR) is 170 cm³/mol. The summed E-state index contributed by atoms with van der Waals surface area (Å²) in [5, 5.41) is 8.52. The third-order valence-corrected chi connectivity index (χ3v) is 8.23. The Morgan fingerprint density at radius 2 is 0.951 bits per heavy atom. The zero-order valence-corrected chi connectivity index (χ0v) is 27.1.